The summed E-state index contributed by atoms with van der Waals surface area (Å²) >= 11 is 2.47. The van der Waals surface area contributed by atoms with Gasteiger partial charge in [0.05, 0.1) is 18.8 Å². The van der Waals surface area contributed by atoms with Gasteiger partial charge in [-0.2, -0.15) is 0 Å². The van der Waals surface area contributed by atoms with E-state index in [9.17, 15) is 0 Å². The molecule has 0 aromatic rings. The maximum Gasteiger partial charge on any atom is 0.0771 e. The molecule has 1 atom stereocenters. The quantitative estimate of drug-likeness (QED) is 0.587. The highest BCUT2D eigenvalue weighted by Crippen LogP contribution is 2.35. The highest BCUT2D eigenvalue weighted by molar-refractivity contribution is 14.1. The van der Waals surface area contributed by atoms with Gasteiger partial charge in [0.1, 0.15) is 0 Å². The smallest absolute Gasteiger partial charge is 0.0771 e. The molecule has 1 heterocycles. The minimum absolute atomic E-state index is 0.225. The van der Waals surface area contributed by atoms with Crippen LogP contribution in [0.2, 0.25) is 0 Å². The van der Waals surface area contributed by atoms with E-state index in [0.717, 1.165) is 24.2 Å². The van der Waals surface area contributed by atoms with Crippen molar-refractivity contribution in [1.82, 2.24) is 0 Å². The van der Waals surface area contributed by atoms with E-state index in [2.05, 4.69) is 22.6 Å². The van der Waals surface area contributed by atoms with Crippen molar-refractivity contribution >= 4 is 22.6 Å². The average molecular weight is 310 g/mol. The van der Waals surface area contributed by atoms with E-state index in [4.69, 9.17) is 9.47 Å². The van der Waals surface area contributed by atoms with Crippen molar-refractivity contribution < 1.29 is 9.47 Å². The summed E-state index contributed by atoms with van der Waals surface area (Å²) in [6.45, 7) is 2.77. The van der Waals surface area contributed by atoms with Crippen LogP contribution < -0.4 is 0 Å². The van der Waals surface area contributed by atoms with E-state index < -0.39 is 0 Å². The van der Waals surface area contributed by atoms with Crippen LogP contribution in [-0.4, -0.2) is 29.8 Å². The maximum absolute atomic E-state index is 6.14. The predicted molar refractivity (Wildman–Crippen MR) is 65.0 cm³/mol. The van der Waals surface area contributed by atoms with Crippen LogP contribution in [0.4, 0.5) is 0 Å². The lowest BCUT2D eigenvalue weighted by Crippen LogP contribution is -2.33. The van der Waals surface area contributed by atoms with Crippen LogP contribution in [0.25, 0.3) is 0 Å². The molecule has 14 heavy (non-hydrogen) atoms. The molecule has 82 valence electrons. The van der Waals surface area contributed by atoms with E-state index in [1.54, 1.807) is 0 Å². The first-order chi connectivity index (χ1) is 6.85. The van der Waals surface area contributed by atoms with Crippen molar-refractivity contribution in [2.75, 3.05) is 24.2 Å². The van der Waals surface area contributed by atoms with E-state index in [-0.39, 0.29) is 5.60 Å². The van der Waals surface area contributed by atoms with Crippen molar-refractivity contribution in [2.24, 2.45) is 5.92 Å². The summed E-state index contributed by atoms with van der Waals surface area (Å²) in [6.07, 6.45) is 6.43. The molecule has 2 rings (SSSR count). The fraction of sp³-hybridized carbons (Fsp3) is 1.00. The standard InChI is InChI=1S/C11H19IO2/c12-9-11(4-1-2-5-11)14-8-10-3-6-13-7-10/h10H,1-9H2. The first kappa shape index (κ1) is 11.1. The lowest BCUT2D eigenvalue weighted by molar-refractivity contribution is -0.0384. The number of ether oxygens (including phenoxy) is 2. The molecule has 2 nitrogen and oxygen atoms in total. The number of rotatable bonds is 4. The highest BCUT2D eigenvalue weighted by atomic mass is 127. The summed E-state index contributed by atoms with van der Waals surface area (Å²) in [7, 11) is 0. The highest BCUT2D eigenvalue weighted by Gasteiger charge is 2.34. The van der Waals surface area contributed by atoms with Crippen molar-refractivity contribution in [1.29, 1.82) is 0 Å². The molecule has 0 aromatic carbocycles. The van der Waals surface area contributed by atoms with Crippen LogP contribution in [0.1, 0.15) is 32.1 Å². The lowest BCUT2D eigenvalue weighted by Gasteiger charge is -2.28. The van der Waals surface area contributed by atoms with Crippen molar-refractivity contribution in [3.05, 3.63) is 0 Å². The normalized spacial score (nSPS) is 31.1. The number of hydrogen-bond acceptors (Lipinski definition) is 2. The van der Waals surface area contributed by atoms with Gasteiger partial charge in [-0.1, -0.05) is 35.4 Å². The van der Waals surface area contributed by atoms with Gasteiger partial charge >= 0.3 is 0 Å². The Kier molecular flexibility index (Phi) is 4.08. The van der Waals surface area contributed by atoms with Gasteiger partial charge in [-0.05, 0) is 19.3 Å². The van der Waals surface area contributed by atoms with Crippen LogP contribution in [-0.2, 0) is 9.47 Å². The fourth-order valence-corrected chi connectivity index (χ4v) is 3.33. The van der Waals surface area contributed by atoms with Crippen LogP contribution >= 0.6 is 22.6 Å². The fourth-order valence-electron chi connectivity index (χ4n) is 2.35. The molecule has 0 spiro atoms. The second kappa shape index (κ2) is 5.12. The van der Waals surface area contributed by atoms with Crippen LogP contribution in [0.15, 0.2) is 0 Å². The molecular weight excluding hydrogens is 291 g/mol. The Labute approximate surface area is 99.9 Å². The molecular formula is C11H19IO2. The molecule has 1 saturated carbocycles. The minimum Gasteiger partial charge on any atom is -0.381 e. The lowest BCUT2D eigenvalue weighted by atomic mass is 10.0. The summed E-state index contributed by atoms with van der Waals surface area (Å²) in [5.41, 5.74) is 0.225. The van der Waals surface area contributed by atoms with E-state index >= 15 is 0 Å². The zero-order valence-corrected chi connectivity index (χ0v) is 10.8. The summed E-state index contributed by atoms with van der Waals surface area (Å²) in [5, 5.41) is 0. The van der Waals surface area contributed by atoms with Crippen molar-refractivity contribution in [2.45, 2.75) is 37.7 Å². The van der Waals surface area contributed by atoms with Gasteiger partial charge in [-0.25, -0.2) is 0 Å². The first-order valence-corrected chi connectivity index (χ1v) is 7.15. The second-order valence-corrected chi connectivity index (χ2v) is 5.33. The Morgan fingerprint density at radius 2 is 2.14 bits per heavy atom. The number of halogens is 1. The number of hydrogen-bond donors (Lipinski definition) is 0. The summed E-state index contributed by atoms with van der Waals surface area (Å²) in [6, 6.07) is 0. The van der Waals surface area contributed by atoms with Crippen LogP contribution in [0.3, 0.4) is 0 Å². The van der Waals surface area contributed by atoms with Gasteiger partial charge in [-0.3, -0.25) is 0 Å². The molecule has 2 fully saturated rings. The third-order valence-corrected chi connectivity index (χ3v) is 4.80. The number of alkyl halides is 1. The van der Waals surface area contributed by atoms with Crippen LogP contribution in [0, 0.1) is 5.92 Å². The van der Waals surface area contributed by atoms with E-state index in [1.807, 2.05) is 0 Å². The predicted octanol–water partition coefficient (Wildman–Crippen LogP) is 2.79. The Morgan fingerprint density at radius 3 is 2.71 bits per heavy atom. The Bertz CT molecular complexity index is 172. The van der Waals surface area contributed by atoms with Gasteiger partial charge in [0.15, 0.2) is 0 Å². The van der Waals surface area contributed by atoms with Gasteiger partial charge < -0.3 is 9.47 Å². The van der Waals surface area contributed by atoms with E-state index in [1.165, 1.54) is 32.1 Å². The topological polar surface area (TPSA) is 18.5 Å². The van der Waals surface area contributed by atoms with Crippen molar-refractivity contribution in [3.63, 3.8) is 0 Å². The molecule has 3 heteroatoms. The molecule has 0 amide bonds. The SMILES string of the molecule is ICC1(OCC2CCOC2)CCCC1. The minimum atomic E-state index is 0.225. The molecule has 1 unspecified atom stereocenters. The summed E-state index contributed by atoms with van der Waals surface area (Å²) in [4.78, 5) is 0. The molecule has 1 aliphatic carbocycles. The zero-order valence-electron chi connectivity index (χ0n) is 8.64. The third-order valence-electron chi connectivity index (χ3n) is 3.41. The van der Waals surface area contributed by atoms with Gasteiger partial charge in [0.2, 0.25) is 0 Å². The Morgan fingerprint density at radius 1 is 1.36 bits per heavy atom. The average Bonchev–Trinajstić information content (AvgIpc) is 2.87. The molecule has 0 radical (unpaired) electrons. The van der Waals surface area contributed by atoms with Crippen molar-refractivity contribution in [3.8, 4) is 0 Å². The largest absolute Gasteiger partial charge is 0.381 e. The first-order valence-electron chi connectivity index (χ1n) is 5.62. The molecule has 0 N–H and O–H groups in total. The molecule has 2 aliphatic rings. The molecule has 1 saturated heterocycles. The molecule has 0 aromatic heterocycles. The van der Waals surface area contributed by atoms with Gasteiger partial charge in [-0.15, -0.1) is 0 Å². The Balaban J connectivity index is 1.76. The van der Waals surface area contributed by atoms with Crippen LogP contribution in [0.5, 0.6) is 0 Å². The maximum atomic E-state index is 6.14. The third kappa shape index (κ3) is 2.61. The van der Waals surface area contributed by atoms with Gasteiger partial charge in [0.25, 0.3) is 0 Å². The molecule has 0 bridgehead atoms. The monoisotopic (exact) mass is 310 g/mol. The summed E-state index contributed by atoms with van der Waals surface area (Å²) in [5.74, 6) is 0.662. The zero-order chi connectivity index (χ0) is 9.86. The second-order valence-electron chi connectivity index (χ2n) is 4.56. The van der Waals surface area contributed by atoms with Gasteiger partial charge in [0, 0.05) is 17.0 Å². The van der Waals surface area contributed by atoms with E-state index in [0.29, 0.717) is 5.92 Å². The summed E-state index contributed by atoms with van der Waals surface area (Å²) < 4.78 is 12.6. The Hall–Kier alpha value is 0.650. The molecule has 1 aliphatic heterocycles.